The fourth-order valence-electron chi connectivity index (χ4n) is 4.05. The molecule has 30 heavy (non-hydrogen) atoms. The highest BCUT2D eigenvalue weighted by Gasteiger charge is 2.11. The summed E-state index contributed by atoms with van der Waals surface area (Å²) < 4.78 is 0. The molecule has 3 atom stereocenters. The van der Waals surface area contributed by atoms with Crippen LogP contribution in [0.3, 0.4) is 0 Å². The van der Waals surface area contributed by atoms with Gasteiger partial charge < -0.3 is 10.6 Å². The molecule has 0 aromatic rings. The minimum atomic E-state index is 0.00191. The molecule has 0 saturated heterocycles. The SMILES string of the molecule is CCC(C)CCCCCCCCCCC(C)CC(C)CNC(=O)CCCC(=O)NC. The average Bonchev–Trinajstić information content (AvgIpc) is 2.73. The Morgan fingerprint density at radius 2 is 1.17 bits per heavy atom. The lowest BCUT2D eigenvalue weighted by molar-refractivity contribution is -0.122. The van der Waals surface area contributed by atoms with E-state index < -0.39 is 0 Å². The Balaban J connectivity index is 3.51. The van der Waals surface area contributed by atoms with Crippen molar-refractivity contribution >= 4 is 11.8 Å². The van der Waals surface area contributed by atoms with Crippen LogP contribution < -0.4 is 10.6 Å². The molecule has 0 aliphatic heterocycles. The van der Waals surface area contributed by atoms with Crippen molar-refractivity contribution in [3.8, 4) is 0 Å². The van der Waals surface area contributed by atoms with Gasteiger partial charge in [0.2, 0.25) is 11.8 Å². The number of hydrogen-bond acceptors (Lipinski definition) is 2. The maximum Gasteiger partial charge on any atom is 0.220 e. The van der Waals surface area contributed by atoms with E-state index in [1.807, 2.05) is 0 Å². The van der Waals surface area contributed by atoms with Gasteiger partial charge in [-0.25, -0.2) is 0 Å². The van der Waals surface area contributed by atoms with Crippen LogP contribution in [0.4, 0.5) is 0 Å². The van der Waals surface area contributed by atoms with Gasteiger partial charge in [0.15, 0.2) is 0 Å². The third-order valence-electron chi connectivity index (χ3n) is 6.38. The summed E-state index contributed by atoms with van der Waals surface area (Å²) in [5.41, 5.74) is 0. The fourth-order valence-corrected chi connectivity index (χ4v) is 4.05. The number of unbranched alkanes of at least 4 members (excludes halogenated alkanes) is 7. The monoisotopic (exact) mass is 424 g/mol. The molecule has 0 bridgehead atoms. The van der Waals surface area contributed by atoms with Gasteiger partial charge >= 0.3 is 0 Å². The number of carbonyl (C=O) groups excluding carboxylic acids is 2. The zero-order valence-electron chi connectivity index (χ0n) is 20.9. The Hall–Kier alpha value is -1.06. The van der Waals surface area contributed by atoms with E-state index in [1.165, 1.54) is 77.0 Å². The van der Waals surface area contributed by atoms with Gasteiger partial charge in [-0.2, -0.15) is 0 Å². The van der Waals surface area contributed by atoms with Crippen LogP contribution in [0.15, 0.2) is 0 Å². The number of nitrogens with one attached hydrogen (secondary N) is 2. The summed E-state index contributed by atoms with van der Waals surface area (Å²) in [6, 6.07) is 0. The predicted octanol–water partition coefficient (Wildman–Crippen LogP) is 6.63. The van der Waals surface area contributed by atoms with Gasteiger partial charge in [0.25, 0.3) is 0 Å². The molecule has 2 N–H and O–H groups in total. The minimum Gasteiger partial charge on any atom is -0.359 e. The van der Waals surface area contributed by atoms with Gasteiger partial charge in [0.05, 0.1) is 0 Å². The number of carbonyl (C=O) groups is 2. The molecule has 2 amide bonds. The first-order valence-electron chi connectivity index (χ1n) is 12.9. The van der Waals surface area contributed by atoms with E-state index in [2.05, 4.69) is 38.3 Å². The Morgan fingerprint density at radius 3 is 1.70 bits per heavy atom. The molecule has 0 radical (unpaired) electrons. The first-order valence-corrected chi connectivity index (χ1v) is 12.9. The highest BCUT2D eigenvalue weighted by molar-refractivity contribution is 5.78. The molecule has 0 fully saturated rings. The van der Waals surface area contributed by atoms with E-state index >= 15 is 0 Å². The molecule has 0 aliphatic rings. The lowest BCUT2D eigenvalue weighted by Gasteiger charge is -2.18. The van der Waals surface area contributed by atoms with E-state index in [1.54, 1.807) is 7.05 Å². The third kappa shape index (κ3) is 18.9. The molecule has 0 spiro atoms. The molecule has 178 valence electrons. The van der Waals surface area contributed by atoms with Gasteiger partial charge in [-0.05, 0) is 30.6 Å². The van der Waals surface area contributed by atoms with Gasteiger partial charge in [0.1, 0.15) is 0 Å². The van der Waals surface area contributed by atoms with E-state index in [-0.39, 0.29) is 11.8 Å². The molecule has 3 unspecified atom stereocenters. The zero-order chi connectivity index (χ0) is 22.6. The standard InChI is InChI=1S/C26H52N2O2/c1-6-22(2)16-13-11-9-7-8-10-12-14-17-23(3)20-24(4)21-28-26(30)19-15-18-25(29)27-5/h22-24H,6-21H2,1-5H3,(H,27,29)(H,28,30). The molecule has 0 heterocycles. The molecule has 0 rings (SSSR count). The van der Waals surface area contributed by atoms with Gasteiger partial charge in [-0.3, -0.25) is 9.59 Å². The lowest BCUT2D eigenvalue weighted by atomic mass is 9.92. The summed E-state index contributed by atoms with van der Waals surface area (Å²) in [7, 11) is 1.63. The van der Waals surface area contributed by atoms with Crippen LogP contribution in [0.1, 0.15) is 124 Å². The van der Waals surface area contributed by atoms with Crippen LogP contribution in [0.25, 0.3) is 0 Å². The molecule has 0 aromatic carbocycles. The molecule has 0 saturated carbocycles. The summed E-state index contributed by atoms with van der Waals surface area (Å²) >= 11 is 0. The maximum absolute atomic E-state index is 11.9. The quantitative estimate of drug-likeness (QED) is 0.215. The first kappa shape index (κ1) is 28.9. The van der Waals surface area contributed by atoms with Gasteiger partial charge in [-0.15, -0.1) is 0 Å². The average molecular weight is 425 g/mol. The van der Waals surface area contributed by atoms with E-state index in [0.29, 0.717) is 25.2 Å². The van der Waals surface area contributed by atoms with Crippen LogP contribution in [-0.2, 0) is 9.59 Å². The second kappa shape index (κ2) is 19.9. The Labute approximate surface area is 187 Å². The Bertz CT molecular complexity index is 425. The van der Waals surface area contributed by atoms with Gasteiger partial charge in [0, 0.05) is 26.4 Å². The largest absolute Gasteiger partial charge is 0.359 e. The second-order valence-corrected chi connectivity index (χ2v) is 9.70. The van der Waals surface area contributed by atoms with E-state index in [4.69, 9.17) is 0 Å². The van der Waals surface area contributed by atoms with Crippen LogP contribution in [0, 0.1) is 17.8 Å². The Kier molecular flexibility index (Phi) is 19.2. The van der Waals surface area contributed by atoms with Crippen molar-refractivity contribution in [2.75, 3.05) is 13.6 Å². The van der Waals surface area contributed by atoms with E-state index in [0.717, 1.165) is 18.4 Å². The summed E-state index contributed by atoms with van der Waals surface area (Å²) in [5.74, 6) is 2.22. The lowest BCUT2D eigenvalue weighted by Crippen LogP contribution is -2.29. The molecule has 0 aromatic heterocycles. The molecule has 0 aliphatic carbocycles. The number of amides is 2. The van der Waals surface area contributed by atoms with Crippen molar-refractivity contribution in [3.05, 3.63) is 0 Å². The highest BCUT2D eigenvalue weighted by atomic mass is 16.2. The minimum absolute atomic E-state index is 0.00191. The second-order valence-electron chi connectivity index (χ2n) is 9.70. The third-order valence-corrected chi connectivity index (χ3v) is 6.38. The normalized spacial score (nSPS) is 14.2. The first-order chi connectivity index (χ1) is 14.4. The van der Waals surface area contributed by atoms with Crippen LogP contribution in [0.5, 0.6) is 0 Å². The van der Waals surface area contributed by atoms with Crippen molar-refractivity contribution in [2.45, 2.75) is 124 Å². The van der Waals surface area contributed by atoms with Crippen LogP contribution in [-0.4, -0.2) is 25.4 Å². The summed E-state index contributed by atoms with van der Waals surface area (Å²) in [5, 5.41) is 5.61. The Morgan fingerprint density at radius 1 is 0.667 bits per heavy atom. The van der Waals surface area contributed by atoms with E-state index in [9.17, 15) is 9.59 Å². The predicted molar refractivity (Wildman–Crippen MR) is 129 cm³/mol. The smallest absolute Gasteiger partial charge is 0.220 e. The van der Waals surface area contributed by atoms with Crippen molar-refractivity contribution in [2.24, 2.45) is 17.8 Å². The summed E-state index contributed by atoms with van der Waals surface area (Å²) in [6.07, 6.45) is 17.9. The van der Waals surface area contributed by atoms with Crippen molar-refractivity contribution < 1.29 is 9.59 Å². The summed E-state index contributed by atoms with van der Waals surface area (Å²) in [4.78, 5) is 23.0. The van der Waals surface area contributed by atoms with Crippen LogP contribution >= 0.6 is 0 Å². The topological polar surface area (TPSA) is 58.2 Å². The summed E-state index contributed by atoms with van der Waals surface area (Å²) in [6.45, 7) is 9.99. The van der Waals surface area contributed by atoms with Crippen molar-refractivity contribution in [1.82, 2.24) is 10.6 Å². The molecular weight excluding hydrogens is 372 g/mol. The molecule has 4 heteroatoms. The fraction of sp³-hybridized carbons (Fsp3) is 0.923. The molecule has 4 nitrogen and oxygen atoms in total. The van der Waals surface area contributed by atoms with Crippen molar-refractivity contribution in [3.63, 3.8) is 0 Å². The highest BCUT2D eigenvalue weighted by Crippen LogP contribution is 2.19. The zero-order valence-corrected chi connectivity index (χ0v) is 20.9. The molecular formula is C26H52N2O2. The number of rotatable bonds is 20. The number of hydrogen-bond donors (Lipinski definition) is 2. The van der Waals surface area contributed by atoms with Crippen molar-refractivity contribution in [1.29, 1.82) is 0 Å². The maximum atomic E-state index is 11.9. The van der Waals surface area contributed by atoms with Gasteiger partial charge in [-0.1, -0.05) is 98.3 Å². The van der Waals surface area contributed by atoms with Crippen LogP contribution in [0.2, 0.25) is 0 Å².